The predicted molar refractivity (Wildman–Crippen MR) is 106 cm³/mol. The Kier molecular flexibility index (Phi) is 5.66. The molecule has 0 bridgehead atoms. The number of carbonyl (C=O) groups excluding carboxylic acids is 2. The highest BCUT2D eigenvalue weighted by molar-refractivity contribution is 7.13. The van der Waals surface area contributed by atoms with Gasteiger partial charge in [-0.3, -0.25) is 4.79 Å². The Bertz CT molecular complexity index is 934. The molecule has 5 nitrogen and oxygen atoms in total. The fourth-order valence-electron chi connectivity index (χ4n) is 2.49. The molecule has 0 unspecified atom stereocenters. The molecule has 0 fully saturated rings. The van der Waals surface area contributed by atoms with Gasteiger partial charge in [0.05, 0.1) is 0 Å². The lowest BCUT2D eigenvalue weighted by atomic mass is 10.1. The zero-order valence-electron chi connectivity index (χ0n) is 15.4. The summed E-state index contributed by atoms with van der Waals surface area (Å²) >= 11 is 1.37. The van der Waals surface area contributed by atoms with Crippen LogP contribution in [-0.2, 0) is 9.53 Å². The minimum absolute atomic E-state index is 0.197. The maximum absolute atomic E-state index is 12.6. The first-order valence-corrected chi connectivity index (χ1v) is 9.33. The third kappa shape index (κ3) is 4.41. The summed E-state index contributed by atoms with van der Waals surface area (Å²) in [5, 5.41) is 2.39. The molecule has 1 aromatic heterocycles. The number of nitrogens with zero attached hydrogens (tertiary/aromatic N) is 2. The number of esters is 1. The maximum Gasteiger partial charge on any atom is 0.358 e. The van der Waals surface area contributed by atoms with Crippen molar-refractivity contribution in [2.24, 2.45) is 0 Å². The van der Waals surface area contributed by atoms with Crippen molar-refractivity contribution >= 4 is 23.2 Å². The summed E-state index contributed by atoms with van der Waals surface area (Å²) in [4.78, 5) is 30.9. The fraction of sp³-hybridized carbons (Fsp3) is 0.190. The third-order valence-corrected chi connectivity index (χ3v) is 4.90. The normalized spacial score (nSPS) is 11.7. The first kappa shape index (κ1) is 18.8. The topological polar surface area (TPSA) is 59.5 Å². The number of benzene rings is 2. The summed E-state index contributed by atoms with van der Waals surface area (Å²) in [6.45, 7) is 2.01. The van der Waals surface area contributed by atoms with E-state index in [4.69, 9.17) is 4.74 Å². The van der Waals surface area contributed by atoms with E-state index in [-0.39, 0.29) is 11.6 Å². The molecule has 0 saturated carbocycles. The van der Waals surface area contributed by atoms with Crippen molar-refractivity contribution in [1.82, 2.24) is 9.88 Å². The number of carbonyl (C=O) groups is 2. The van der Waals surface area contributed by atoms with E-state index in [1.807, 2.05) is 37.3 Å². The van der Waals surface area contributed by atoms with Gasteiger partial charge in [0.25, 0.3) is 5.91 Å². The number of ether oxygens (including phenoxy) is 1. The van der Waals surface area contributed by atoms with Crippen LogP contribution < -0.4 is 0 Å². The van der Waals surface area contributed by atoms with Gasteiger partial charge in [-0.25, -0.2) is 9.78 Å². The summed E-state index contributed by atoms with van der Waals surface area (Å²) in [6, 6.07) is 16.9. The second-order valence-corrected chi connectivity index (χ2v) is 7.19. The van der Waals surface area contributed by atoms with Crippen molar-refractivity contribution in [3.8, 4) is 10.6 Å². The molecule has 138 valence electrons. The highest BCUT2D eigenvalue weighted by atomic mass is 32.1. The largest absolute Gasteiger partial charge is 0.443 e. The molecule has 2 aromatic carbocycles. The van der Waals surface area contributed by atoms with Crippen molar-refractivity contribution < 1.29 is 14.3 Å². The minimum Gasteiger partial charge on any atom is -0.443 e. The lowest BCUT2D eigenvalue weighted by Crippen LogP contribution is -2.31. The number of amides is 1. The van der Waals surface area contributed by atoms with Crippen LogP contribution in [0.4, 0.5) is 0 Å². The highest BCUT2D eigenvalue weighted by Crippen LogP contribution is 2.26. The van der Waals surface area contributed by atoms with Crippen molar-refractivity contribution in [2.45, 2.75) is 13.0 Å². The number of hydrogen-bond donors (Lipinski definition) is 0. The predicted octanol–water partition coefficient (Wildman–Crippen LogP) is 4.10. The number of rotatable bonds is 5. The molecule has 3 rings (SSSR count). The van der Waals surface area contributed by atoms with Crippen molar-refractivity contribution in [3.05, 3.63) is 76.8 Å². The van der Waals surface area contributed by atoms with Crippen LogP contribution >= 0.6 is 11.3 Å². The molecule has 6 heteroatoms. The lowest BCUT2D eigenvalue weighted by Gasteiger charge is -2.20. The Morgan fingerprint density at radius 1 is 1.04 bits per heavy atom. The summed E-state index contributed by atoms with van der Waals surface area (Å²) < 4.78 is 5.53. The standard InChI is InChI=1S/C21H20N2O3S/c1-14-9-11-16(12-10-14)19-22-17(13-27-19)21(25)26-18(20(24)23(2)3)15-7-5-4-6-8-15/h4-13,18H,1-3H3/t18-/m0/s1. The van der Waals surface area contributed by atoms with Gasteiger partial charge in [0.15, 0.2) is 5.69 Å². The maximum atomic E-state index is 12.6. The Morgan fingerprint density at radius 2 is 1.70 bits per heavy atom. The monoisotopic (exact) mass is 380 g/mol. The van der Waals surface area contributed by atoms with Gasteiger partial charge in [-0.15, -0.1) is 11.3 Å². The Labute approximate surface area is 162 Å². The molecule has 0 aliphatic carbocycles. The number of hydrogen-bond acceptors (Lipinski definition) is 5. The average molecular weight is 380 g/mol. The van der Waals surface area contributed by atoms with Gasteiger partial charge in [0.2, 0.25) is 6.10 Å². The summed E-state index contributed by atoms with van der Waals surface area (Å²) in [6.07, 6.45) is -1.00. The molecule has 0 saturated heterocycles. The minimum atomic E-state index is -1.00. The molecule has 0 aliphatic heterocycles. The SMILES string of the molecule is Cc1ccc(-c2nc(C(=O)O[C@H](C(=O)N(C)C)c3ccccc3)cs2)cc1. The van der Waals surface area contributed by atoms with Gasteiger partial charge in [0.1, 0.15) is 5.01 Å². The number of thiazole rings is 1. The highest BCUT2D eigenvalue weighted by Gasteiger charge is 2.28. The van der Waals surface area contributed by atoms with E-state index in [1.165, 1.54) is 16.2 Å². The van der Waals surface area contributed by atoms with E-state index in [0.29, 0.717) is 5.56 Å². The van der Waals surface area contributed by atoms with Gasteiger partial charge >= 0.3 is 5.97 Å². The first-order chi connectivity index (χ1) is 13.0. The molecule has 3 aromatic rings. The van der Waals surface area contributed by atoms with Crippen molar-refractivity contribution in [2.75, 3.05) is 14.1 Å². The Morgan fingerprint density at radius 3 is 2.33 bits per heavy atom. The molecular formula is C21H20N2O3S. The van der Waals surface area contributed by atoms with E-state index in [0.717, 1.165) is 16.1 Å². The molecular weight excluding hydrogens is 360 g/mol. The molecule has 0 radical (unpaired) electrons. The zero-order valence-corrected chi connectivity index (χ0v) is 16.2. The number of likely N-dealkylation sites (N-methyl/N-ethyl adjacent to an activating group) is 1. The smallest absolute Gasteiger partial charge is 0.358 e. The van der Waals surface area contributed by atoms with E-state index in [1.54, 1.807) is 43.7 Å². The fourth-order valence-corrected chi connectivity index (χ4v) is 3.28. The Hall–Kier alpha value is -2.99. The molecule has 27 heavy (non-hydrogen) atoms. The van der Waals surface area contributed by atoms with E-state index < -0.39 is 12.1 Å². The molecule has 0 aliphatic rings. The zero-order chi connectivity index (χ0) is 19.4. The van der Waals surface area contributed by atoms with Crippen LogP contribution in [0.2, 0.25) is 0 Å². The molecule has 1 amide bonds. The Balaban J connectivity index is 1.82. The van der Waals surface area contributed by atoms with Crippen LogP contribution in [0.3, 0.4) is 0 Å². The second kappa shape index (κ2) is 8.14. The molecule has 0 N–H and O–H groups in total. The summed E-state index contributed by atoms with van der Waals surface area (Å²) in [7, 11) is 3.26. The van der Waals surface area contributed by atoms with Gasteiger partial charge < -0.3 is 9.64 Å². The van der Waals surface area contributed by atoms with Crippen LogP contribution in [0, 0.1) is 6.92 Å². The van der Waals surface area contributed by atoms with Crippen LogP contribution in [0.5, 0.6) is 0 Å². The molecule has 0 spiro atoms. The third-order valence-electron chi connectivity index (χ3n) is 4.00. The van der Waals surface area contributed by atoms with E-state index in [2.05, 4.69) is 4.98 Å². The van der Waals surface area contributed by atoms with E-state index >= 15 is 0 Å². The van der Waals surface area contributed by atoms with Crippen LogP contribution in [-0.4, -0.2) is 35.9 Å². The first-order valence-electron chi connectivity index (χ1n) is 8.45. The lowest BCUT2D eigenvalue weighted by molar-refractivity contribution is -0.138. The molecule has 1 atom stereocenters. The van der Waals surface area contributed by atoms with Gasteiger partial charge in [-0.05, 0) is 6.92 Å². The van der Waals surface area contributed by atoms with Gasteiger partial charge in [-0.2, -0.15) is 0 Å². The average Bonchev–Trinajstić information content (AvgIpc) is 3.17. The second-order valence-electron chi connectivity index (χ2n) is 6.33. The number of aromatic nitrogens is 1. The summed E-state index contributed by atoms with van der Waals surface area (Å²) in [5.41, 5.74) is 2.91. The van der Waals surface area contributed by atoms with Crippen molar-refractivity contribution in [3.63, 3.8) is 0 Å². The van der Waals surface area contributed by atoms with E-state index in [9.17, 15) is 9.59 Å². The quantitative estimate of drug-likeness (QED) is 0.625. The van der Waals surface area contributed by atoms with Crippen LogP contribution in [0.15, 0.2) is 60.0 Å². The summed E-state index contributed by atoms with van der Waals surface area (Å²) in [5.74, 6) is -0.919. The van der Waals surface area contributed by atoms with Crippen LogP contribution in [0.25, 0.3) is 10.6 Å². The molecule has 1 heterocycles. The number of aryl methyl sites for hydroxylation is 1. The van der Waals surface area contributed by atoms with Gasteiger partial charge in [-0.1, -0.05) is 60.2 Å². The van der Waals surface area contributed by atoms with Gasteiger partial charge in [0, 0.05) is 30.6 Å². The van der Waals surface area contributed by atoms with Crippen molar-refractivity contribution in [1.29, 1.82) is 0 Å². The van der Waals surface area contributed by atoms with Crippen LogP contribution in [0.1, 0.15) is 27.7 Å².